The molecular formula is C21H30N6O3S. The second-order valence-electron chi connectivity index (χ2n) is 7.69. The van der Waals surface area contributed by atoms with Gasteiger partial charge in [0.25, 0.3) is 0 Å². The van der Waals surface area contributed by atoms with Crippen LogP contribution in [-0.4, -0.2) is 97.6 Å². The Balaban J connectivity index is 1.44. The van der Waals surface area contributed by atoms with E-state index in [2.05, 4.69) is 19.8 Å². The van der Waals surface area contributed by atoms with E-state index in [-0.39, 0.29) is 0 Å². The van der Waals surface area contributed by atoms with Crippen LogP contribution < -0.4 is 20.1 Å². The van der Waals surface area contributed by atoms with Gasteiger partial charge in [0, 0.05) is 57.3 Å². The normalized spacial score (nSPS) is 17.7. The van der Waals surface area contributed by atoms with Gasteiger partial charge in [0.1, 0.15) is 12.1 Å². The van der Waals surface area contributed by atoms with Crippen molar-refractivity contribution >= 4 is 34.1 Å². The van der Waals surface area contributed by atoms with Gasteiger partial charge in [-0.25, -0.2) is 9.97 Å². The molecule has 0 amide bonds. The molecule has 0 aliphatic carbocycles. The highest BCUT2D eigenvalue weighted by atomic mass is 32.1. The Kier molecular flexibility index (Phi) is 7.21. The van der Waals surface area contributed by atoms with Crippen molar-refractivity contribution in [1.82, 2.24) is 19.8 Å². The third-order valence-electron chi connectivity index (χ3n) is 5.77. The average molecular weight is 447 g/mol. The van der Waals surface area contributed by atoms with Gasteiger partial charge in [-0.15, -0.1) is 0 Å². The van der Waals surface area contributed by atoms with Crippen molar-refractivity contribution in [1.29, 1.82) is 0 Å². The number of hydrogen-bond acceptors (Lipinski definition) is 8. The molecule has 2 saturated heterocycles. The molecule has 0 atom stereocenters. The molecule has 0 radical (unpaired) electrons. The van der Waals surface area contributed by atoms with E-state index in [0.717, 1.165) is 82.2 Å². The molecule has 2 aliphatic heterocycles. The summed E-state index contributed by atoms with van der Waals surface area (Å²) in [7, 11) is 1.66. The van der Waals surface area contributed by atoms with Gasteiger partial charge >= 0.3 is 0 Å². The zero-order chi connectivity index (χ0) is 21.6. The number of nitrogens with two attached hydrogens (primary N) is 1. The van der Waals surface area contributed by atoms with Gasteiger partial charge in [0.2, 0.25) is 0 Å². The minimum Gasteiger partial charge on any atom is -0.493 e. The summed E-state index contributed by atoms with van der Waals surface area (Å²) in [5.74, 6) is 2.29. The fraction of sp³-hybridized carbons (Fsp3) is 0.571. The van der Waals surface area contributed by atoms with Gasteiger partial charge in [-0.1, -0.05) is 0 Å². The lowest BCUT2D eigenvalue weighted by molar-refractivity contribution is 0.0357. The number of nitrogens with zero attached hydrogens (tertiary/aromatic N) is 5. The summed E-state index contributed by atoms with van der Waals surface area (Å²) < 4.78 is 17.1. The zero-order valence-corrected chi connectivity index (χ0v) is 18.8. The van der Waals surface area contributed by atoms with E-state index in [4.69, 9.17) is 32.2 Å². The summed E-state index contributed by atoms with van der Waals surface area (Å²) in [6, 6.07) is 3.92. The monoisotopic (exact) mass is 446 g/mol. The molecule has 10 heteroatoms. The van der Waals surface area contributed by atoms with Crippen LogP contribution in [0, 0.1) is 0 Å². The summed E-state index contributed by atoms with van der Waals surface area (Å²) >= 11 is 5.10. The quantitative estimate of drug-likeness (QED) is 0.493. The van der Waals surface area contributed by atoms with Crippen molar-refractivity contribution in [2.45, 2.75) is 6.42 Å². The molecule has 2 N–H and O–H groups in total. The molecule has 1 aromatic heterocycles. The lowest BCUT2D eigenvalue weighted by Crippen LogP contribution is -2.50. The summed E-state index contributed by atoms with van der Waals surface area (Å²) in [4.78, 5) is 15.7. The molecule has 0 saturated carbocycles. The van der Waals surface area contributed by atoms with Crippen molar-refractivity contribution in [3.63, 3.8) is 0 Å². The lowest BCUT2D eigenvalue weighted by Gasteiger charge is -2.36. The highest BCUT2D eigenvalue weighted by Gasteiger charge is 2.21. The predicted molar refractivity (Wildman–Crippen MR) is 124 cm³/mol. The molecule has 0 unspecified atom stereocenters. The van der Waals surface area contributed by atoms with E-state index >= 15 is 0 Å². The van der Waals surface area contributed by atoms with Crippen LogP contribution in [0.5, 0.6) is 11.5 Å². The summed E-state index contributed by atoms with van der Waals surface area (Å²) in [5, 5.41) is 1.40. The van der Waals surface area contributed by atoms with E-state index in [1.54, 1.807) is 13.4 Å². The maximum atomic E-state index is 6.06. The van der Waals surface area contributed by atoms with Crippen LogP contribution in [0.2, 0.25) is 0 Å². The molecule has 9 nitrogen and oxygen atoms in total. The van der Waals surface area contributed by atoms with Crippen LogP contribution >= 0.6 is 12.2 Å². The number of hydrogen-bond donors (Lipinski definition) is 1. The molecule has 2 fully saturated rings. The van der Waals surface area contributed by atoms with Gasteiger partial charge in [-0.3, -0.25) is 4.90 Å². The molecule has 3 heterocycles. The number of morpholine rings is 1. The van der Waals surface area contributed by atoms with Crippen LogP contribution in [0.4, 0.5) is 5.82 Å². The van der Waals surface area contributed by atoms with Gasteiger partial charge < -0.3 is 29.7 Å². The Morgan fingerprint density at radius 2 is 1.87 bits per heavy atom. The maximum absolute atomic E-state index is 6.06. The first-order valence-electron chi connectivity index (χ1n) is 10.7. The largest absolute Gasteiger partial charge is 0.493 e. The van der Waals surface area contributed by atoms with E-state index in [1.165, 1.54) is 0 Å². The SMILES string of the molecule is COc1cc2c(N3CCN(C(N)=S)CC3)ncnc2cc1OCCCN1CCOCC1. The number of piperazine rings is 1. The first-order valence-corrected chi connectivity index (χ1v) is 11.1. The predicted octanol–water partition coefficient (Wildman–Crippen LogP) is 1.11. The van der Waals surface area contributed by atoms with Crippen molar-refractivity contribution in [3.8, 4) is 11.5 Å². The number of rotatable bonds is 7. The van der Waals surface area contributed by atoms with Crippen molar-refractivity contribution in [3.05, 3.63) is 18.5 Å². The minimum atomic E-state index is 0.448. The number of benzene rings is 1. The average Bonchev–Trinajstić information content (AvgIpc) is 2.81. The van der Waals surface area contributed by atoms with Crippen LogP contribution in [0.15, 0.2) is 18.5 Å². The molecule has 2 aromatic rings. The Hall–Kier alpha value is -2.43. The number of aromatic nitrogens is 2. The smallest absolute Gasteiger partial charge is 0.166 e. The molecule has 0 bridgehead atoms. The zero-order valence-electron chi connectivity index (χ0n) is 18.0. The number of methoxy groups -OCH3 is 1. The van der Waals surface area contributed by atoms with Crippen molar-refractivity contribution in [2.75, 3.05) is 77.6 Å². The van der Waals surface area contributed by atoms with E-state index in [1.807, 2.05) is 17.0 Å². The number of thiocarbonyl (C=S) groups is 1. The fourth-order valence-corrected chi connectivity index (χ4v) is 4.19. The Morgan fingerprint density at radius 1 is 1.10 bits per heavy atom. The molecule has 31 heavy (non-hydrogen) atoms. The first kappa shape index (κ1) is 21.8. The second kappa shape index (κ2) is 10.3. The molecule has 4 rings (SSSR count). The highest BCUT2D eigenvalue weighted by molar-refractivity contribution is 7.80. The third-order valence-corrected chi connectivity index (χ3v) is 6.03. The topological polar surface area (TPSA) is 89.2 Å². The summed E-state index contributed by atoms with van der Waals surface area (Å²) in [6.07, 6.45) is 2.55. The van der Waals surface area contributed by atoms with Crippen molar-refractivity contribution in [2.24, 2.45) is 5.73 Å². The fourth-order valence-electron chi connectivity index (χ4n) is 4.01. The van der Waals surface area contributed by atoms with Crippen LogP contribution in [0.1, 0.15) is 6.42 Å². The van der Waals surface area contributed by atoms with Gasteiger partial charge in [-0.2, -0.15) is 0 Å². The highest BCUT2D eigenvalue weighted by Crippen LogP contribution is 2.35. The summed E-state index contributed by atoms with van der Waals surface area (Å²) in [5.41, 5.74) is 6.60. The molecule has 168 valence electrons. The molecule has 0 spiro atoms. The second-order valence-corrected chi connectivity index (χ2v) is 8.10. The van der Waals surface area contributed by atoms with Crippen LogP contribution in [-0.2, 0) is 4.74 Å². The summed E-state index contributed by atoms with van der Waals surface area (Å²) in [6.45, 7) is 8.39. The number of anilines is 1. The molecule has 1 aromatic carbocycles. The van der Waals surface area contributed by atoms with Gasteiger partial charge in [0.05, 0.1) is 32.4 Å². The lowest BCUT2D eigenvalue weighted by atomic mass is 10.2. The van der Waals surface area contributed by atoms with Gasteiger partial charge in [-0.05, 0) is 24.7 Å². The molecular weight excluding hydrogens is 416 g/mol. The van der Waals surface area contributed by atoms with E-state index < -0.39 is 0 Å². The number of ether oxygens (including phenoxy) is 3. The Labute approximate surface area is 188 Å². The third kappa shape index (κ3) is 5.25. The standard InChI is InChI=1S/C21H30N6O3S/c1-28-18-13-16-17(14-19(18)30-10-2-3-25-8-11-29-12-9-25)23-15-24-20(16)26-4-6-27(7-5-26)21(22)31/h13-15H,2-12H2,1H3,(H2,22,31). The number of fused-ring (bicyclic) bond motifs is 1. The van der Waals surface area contributed by atoms with E-state index in [9.17, 15) is 0 Å². The van der Waals surface area contributed by atoms with Gasteiger partial charge in [0.15, 0.2) is 16.6 Å². The van der Waals surface area contributed by atoms with E-state index in [0.29, 0.717) is 23.2 Å². The Morgan fingerprint density at radius 3 is 2.58 bits per heavy atom. The van der Waals surface area contributed by atoms with Crippen LogP contribution in [0.25, 0.3) is 10.9 Å². The first-order chi connectivity index (χ1) is 15.2. The Bertz CT molecular complexity index is 900. The maximum Gasteiger partial charge on any atom is 0.166 e. The van der Waals surface area contributed by atoms with Crippen LogP contribution in [0.3, 0.4) is 0 Å². The van der Waals surface area contributed by atoms with Crippen molar-refractivity contribution < 1.29 is 14.2 Å². The minimum absolute atomic E-state index is 0.448. The molecule has 2 aliphatic rings.